The Balaban J connectivity index is 1.56. The van der Waals surface area contributed by atoms with E-state index in [1.165, 1.54) is 0 Å². The summed E-state index contributed by atoms with van der Waals surface area (Å²) in [4.78, 5) is 27.5. The molecule has 0 unspecified atom stereocenters. The minimum Gasteiger partial charge on any atom is -0.488 e. The van der Waals surface area contributed by atoms with Crippen molar-refractivity contribution in [2.24, 2.45) is 0 Å². The molecule has 2 aliphatic rings. The summed E-state index contributed by atoms with van der Waals surface area (Å²) in [6, 6.07) is 16.6. The number of rotatable bonds is 4. The van der Waals surface area contributed by atoms with Crippen LogP contribution in [0.3, 0.4) is 0 Å². The number of benzene rings is 2. The molecule has 6 heteroatoms. The van der Waals surface area contributed by atoms with Gasteiger partial charge >= 0.3 is 5.97 Å². The zero-order valence-electron chi connectivity index (χ0n) is 15.4. The second kappa shape index (κ2) is 8.27. The van der Waals surface area contributed by atoms with E-state index in [4.69, 9.17) is 14.2 Å². The first kappa shape index (κ1) is 18.3. The summed E-state index contributed by atoms with van der Waals surface area (Å²) in [5, 5.41) is 0. The molecule has 0 spiro atoms. The predicted octanol–water partition coefficient (Wildman–Crippen LogP) is 2.61. The van der Waals surface area contributed by atoms with Crippen molar-refractivity contribution in [1.82, 2.24) is 4.90 Å². The second-order valence-corrected chi connectivity index (χ2v) is 6.63. The number of esters is 1. The molecule has 144 valence electrons. The van der Waals surface area contributed by atoms with Crippen LogP contribution < -0.4 is 4.74 Å². The summed E-state index contributed by atoms with van der Waals surface area (Å²) in [6.07, 6.45) is 0.757. The molecule has 2 heterocycles. The summed E-state index contributed by atoms with van der Waals surface area (Å²) >= 11 is 0. The number of para-hydroxylation sites is 1. The third kappa shape index (κ3) is 3.92. The number of nitrogens with zero attached hydrogens (tertiary/aromatic N) is 1. The minimum absolute atomic E-state index is 0.114. The Bertz CT molecular complexity index is 887. The van der Waals surface area contributed by atoms with E-state index >= 15 is 0 Å². The molecule has 1 saturated heterocycles. The number of hydrogen-bond acceptors (Lipinski definition) is 5. The highest BCUT2D eigenvalue weighted by molar-refractivity contribution is 5.97. The molecule has 1 fully saturated rings. The monoisotopic (exact) mass is 379 g/mol. The maximum atomic E-state index is 13.1. The van der Waals surface area contributed by atoms with Gasteiger partial charge in [-0.3, -0.25) is 4.79 Å². The van der Waals surface area contributed by atoms with Crippen LogP contribution in [0.25, 0.3) is 6.08 Å². The standard InChI is InChI=1S/C22H21NO5/c24-21(23-10-12-26-13-11-23)20(16-6-2-1-3-7-16)28-22(25)18-14-17-8-4-5-9-19(17)27-15-18/h1-9,14,20H,10-13,15H2/t20-/m1/s1. The average Bonchev–Trinajstić information content (AvgIpc) is 2.77. The van der Waals surface area contributed by atoms with Crippen LogP contribution >= 0.6 is 0 Å². The van der Waals surface area contributed by atoms with Gasteiger partial charge in [-0.05, 0) is 12.1 Å². The van der Waals surface area contributed by atoms with Crippen LogP contribution in [0.4, 0.5) is 0 Å². The molecule has 2 aliphatic heterocycles. The van der Waals surface area contributed by atoms with Crippen LogP contribution in [0.1, 0.15) is 17.2 Å². The molecule has 0 aromatic heterocycles. The van der Waals surface area contributed by atoms with Crippen molar-refractivity contribution in [1.29, 1.82) is 0 Å². The van der Waals surface area contributed by atoms with Crippen molar-refractivity contribution >= 4 is 18.0 Å². The van der Waals surface area contributed by atoms with E-state index in [0.29, 0.717) is 37.4 Å². The van der Waals surface area contributed by atoms with E-state index in [0.717, 1.165) is 11.3 Å². The lowest BCUT2D eigenvalue weighted by molar-refractivity contribution is -0.160. The lowest BCUT2D eigenvalue weighted by Gasteiger charge is -2.30. The Hall–Kier alpha value is -3.12. The van der Waals surface area contributed by atoms with Crippen molar-refractivity contribution in [3.8, 4) is 5.75 Å². The number of ether oxygens (including phenoxy) is 3. The maximum absolute atomic E-state index is 13.1. The van der Waals surface area contributed by atoms with Crippen molar-refractivity contribution in [3.05, 3.63) is 71.3 Å². The molecule has 4 rings (SSSR count). The van der Waals surface area contributed by atoms with Gasteiger partial charge in [-0.15, -0.1) is 0 Å². The summed E-state index contributed by atoms with van der Waals surface area (Å²) in [5.74, 6) is -0.0615. The third-order valence-electron chi connectivity index (χ3n) is 4.77. The molecular weight excluding hydrogens is 358 g/mol. The predicted molar refractivity (Wildman–Crippen MR) is 103 cm³/mol. The lowest BCUT2D eigenvalue weighted by atomic mass is 10.1. The molecule has 2 aromatic rings. The summed E-state index contributed by atoms with van der Waals surface area (Å²) in [7, 11) is 0. The van der Waals surface area contributed by atoms with E-state index in [1.807, 2.05) is 42.5 Å². The first-order chi connectivity index (χ1) is 13.7. The van der Waals surface area contributed by atoms with E-state index in [-0.39, 0.29) is 12.5 Å². The van der Waals surface area contributed by atoms with Gasteiger partial charge in [0.15, 0.2) is 0 Å². The van der Waals surface area contributed by atoms with Crippen molar-refractivity contribution in [2.45, 2.75) is 6.10 Å². The van der Waals surface area contributed by atoms with Gasteiger partial charge in [0.25, 0.3) is 5.91 Å². The van der Waals surface area contributed by atoms with E-state index in [2.05, 4.69) is 0 Å². The van der Waals surface area contributed by atoms with Gasteiger partial charge in [-0.25, -0.2) is 4.79 Å². The van der Waals surface area contributed by atoms with Gasteiger partial charge in [0.2, 0.25) is 6.10 Å². The summed E-state index contributed by atoms with van der Waals surface area (Å²) in [6.45, 7) is 2.05. The van der Waals surface area contributed by atoms with Gasteiger partial charge in [-0.2, -0.15) is 0 Å². The molecule has 0 aliphatic carbocycles. The number of carbonyl (C=O) groups is 2. The van der Waals surface area contributed by atoms with Gasteiger partial charge in [-0.1, -0.05) is 48.5 Å². The van der Waals surface area contributed by atoms with Gasteiger partial charge in [0, 0.05) is 24.2 Å². The van der Waals surface area contributed by atoms with Crippen molar-refractivity contribution in [2.75, 3.05) is 32.9 Å². The van der Waals surface area contributed by atoms with Crippen LogP contribution in [0.5, 0.6) is 5.75 Å². The van der Waals surface area contributed by atoms with Crippen LogP contribution in [-0.2, 0) is 19.1 Å². The second-order valence-electron chi connectivity index (χ2n) is 6.63. The highest BCUT2D eigenvalue weighted by atomic mass is 16.6. The van der Waals surface area contributed by atoms with Crippen molar-refractivity contribution < 1.29 is 23.8 Å². The fourth-order valence-corrected chi connectivity index (χ4v) is 3.26. The highest BCUT2D eigenvalue weighted by Crippen LogP contribution is 2.28. The number of morpholine rings is 1. The Kier molecular flexibility index (Phi) is 5.39. The zero-order valence-corrected chi connectivity index (χ0v) is 15.4. The van der Waals surface area contributed by atoms with Gasteiger partial charge < -0.3 is 19.1 Å². The first-order valence-electron chi connectivity index (χ1n) is 9.27. The normalized spacial score (nSPS) is 17.0. The largest absolute Gasteiger partial charge is 0.488 e. The van der Waals surface area contributed by atoms with E-state index < -0.39 is 12.1 Å². The maximum Gasteiger partial charge on any atom is 0.338 e. The smallest absolute Gasteiger partial charge is 0.338 e. The molecule has 0 N–H and O–H groups in total. The molecule has 1 amide bonds. The van der Waals surface area contributed by atoms with Crippen LogP contribution in [0.2, 0.25) is 0 Å². The molecule has 1 atom stereocenters. The number of hydrogen-bond donors (Lipinski definition) is 0. The highest BCUT2D eigenvalue weighted by Gasteiger charge is 2.32. The lowest BCUT2D eigenvalue weighted by Crippen LogP contribution is -2.44. The molecule has 6 nitrogen and oxygen atoms in total. The Morgan fingerprint density at radius 3 is 2.46 bits per heavy atom. The Morgan fingerprint density at radius 1 is 0.964 bits per heavy atom. The molecular formula is C22H21NO5. The van der Waals surface area contributed by atoms with Crippen molar-refractivity contribution in [3.63, 3.8) is 0 Å². The fraction of sp³-hybridized carbons (Fsp3) is 0.273. The molecule has 2 aromatic carbocycles. The SMILES string of the molecule is O=C(O[C@@H](C(=O)N1CCOCC1)c1ccccc1)C1=Cc2ccccc2OC1. The average molecular weight is 379 g/mol. The number of fused-ring (bicyclic) bond motifs is 1. The van der Waals surface area contributed by atoms with Crippen LogP contribution in [-0.4, -0.2) is 49.7 Å². The van der Waals surface area contributed by atoms with Crippen LogP contribution in [0, 0.1) is 0 Å². The summed E-state index contributed by atoms with van der Waals surface area (Å²) < 4.78 is 16.6. The molecule has 0 radical (unpaired) electrons. The van der Waals surface area contributed by atoms with Crippen LogP contribution in [0.15, 0.2) is 60.2 Å². The Labute approximate surface area is 163 Å². The quantitative estimate of drug-likeness (QED) is 0.764. The fourth-order valence-electron chi connectivity index (χ4n) is 3.26. The molecule has 0 saturated carbocycles. The Morgan fingerprint density at radius 2 is 1.68 bits per heavy atom. The van der Waals surface area contributed by atoms with Gasteiger partial charge in [0.1, 0.15) is 12.4 Å². The van der Waals surface area contributed by atoms with E-state index in [9.17, 15) is 9.59 Å². The van der Waals surface area contributed by atoms with Gasteiger partial charge in [0.05, 0.1) is 18.8 Å². The molecule has 28 heavy (non-hydrogen) atoms. The number of carbonyl (C=O) groups excluding carboxylic acids is 2. The minimum atomic E-state index is -0.995. The molecule has 0 bridgehead atoms. The van der Waals surface area contributed by atoms with E-state index in [1.54, 1.807) is 23.1 Å². The summed E-state index contributed by atoms with van der Waals surface area (Å²) in [5.41, 5.74) is 1.84. The topological polar surface area (TPSA) is 65.1 Å². The first-order valence-corrected chi connectivity index (χ1v) is 9.27. The zero-order chi connectivity index (χ0) is 19.3. The number of amides is 1. The third-order valence-corrected chi connectivity index (χ3v) is 4.77.